The molecule has 1 atom stereocenters. The van der Waals surface area contributed by atoms with Crippen molar-refractivity contribution in [2.75, 3.05) is 6.79 Å². The van der Waals surface area contributed by atoms with Gasteiger partial charge in [0.15, 0.2) is 6.79 Å². The molecular weight excluding hydrogens is 217 g/mol. The first-order chi connectivity index (χ1) is 7.59. The number of carbonyl (C=O) groups is 1. The van der Waals surface area contributed by atoms with Crippen LogP contribution in [0, 0.1) is 5.82 Å². The van der Waals surface area contributed by atoms with Gasteiger partial charge in [-0.25, -0.2) is 4.39 Å². The summed E-state index contributed by atoms with van der Waals surface area (Å²) in [7, 11) is 0. The highest BCUT2D eigenvalue weighted by molar-refractivity contribution is 5.75. The first-order valence-electron chi connectivity index (χ1n) is 4.61. The molecule has 2 rings (SSSR count). The van der Waals surface area contributed by atoms with E-state index in [1.165, 1.54) is 12.1 Å². The molecule has 1 unspecified atom stereocenters. The molecule has 0 amide bonds. The molecule has 0 aromatic heterocycles. The summed E-state index contributed by atoms with van der Waals surface area (Å²) in [5.74, 6) is -1.53. The van der Waals surface area contributed by atoms with Crippen LogP contribution in [0.2, 0.25) is 0 Å². The largest absolute Gasteiger partial charge is 0.480 e. The number of ether oxygens (including phenoxy) is 2. The third-order valence-corrected chi connectivity index (χ3v) is 2.34. The summed E-state index contributed by atoms with van der Waals surface area (Å²) >= 11 is 0. The highest BCUT2D eigenvalue weighted by Gasteiger charge is 2.22. The minimum atomic E-state index is -1.39. The maximum atomic E-state index is 13.5. The molecule has 1 aromatic carbocycles. The smallest absolute Gasteiger partial charge is 0.325 e. The fraction of sp³-hybridized carbons (Fsp3) is 0.300. The van der Waals surface area contributed by atoms with E-state index in [1.807, 2.05) is 0 Å². The van der Waals surface area contributed by atoms with Gasteiger partial charge in [-0.2, -0.15) is 0 Å². The highest BCUT2D eigenvalue weighted by atomic mass is 19.1. The van der Waals surface area contributed by atoms with Crippen LogP contribution in [-0.2, 0) is 16.1 Å². The Labute approximate surface area is 90.6 Å². The third-order valence-electron chi connectivity index (χ3n) is 2.34. The molecule has 1 heterocycles. The Balaban J connectivity index is 2.43. The van der Waals surface area contributed by atoms with Crippen LogP contribution in [0.4, 0.5) is 4.39 Å². The Bertz CT molecular complexity index is 435. The molecule has 1 aliphatic heterocycles. The number of hydrogen-bond acceptors (Lipinski definition) is 4. The lowest BCUT2D eigenvalue weighted by molar-refractivity contribution is -0.138. The van der Waals surface area contributed by atoms with Gasteiger partial charge in [-0.15, -0.1) is 0 Å². The number of benzene rings is 1. The summed E-state index contributed by atoms with van der Waals surface area (Å²) < 4.78 is 23.6. The number of hydrogen-bond donors (Lipinski definition) is 2. The number of aliphatic carboxylic acids is 1. The van der Waals surface area contributed by atoms with Crippen molar-refractivity contribution in [3.05, 3.63) is 29.1 Å². The quantitative estimate of drug-likeness (QED) is 0.780. The van der Waals surface area contributed by atoms with E-state index in [9.17, 15) is 9.18 Å². The normalized spacial score (nSPS) is 16.1. The molecule has 1 aromatic rings. The van der Waals surface area contributed by atoms with Gasteiger partial charge >= 0.3 is 5.97 Å². The molecule has 0 radical (unpaired) electrons. The first-order valence-corrected chi connectivity index (χ1v) is 4.61. The average Bonchev–Trinajstić information content (AvgIpc) is 2.27. The van der Waals surface area contributed by atoms with Gasteiger partial charge in [0.05, 0.1) is 6.61 Å². The predicted octanol–water partition coefficient (Wildman–Crippen LogP) is 0.777. The zero-order chi connectivity index (χ0) is 11.7. The second-order valence-corrected chi connectivity index (χ2v) is 3.41. The number of carboxylic acids is 1. The summed E-state index contributed by atoms with van der Waals surface area (Å²) in [6, 6.07) is 1.11. The van der Waals surface area contributed by atoms with E-state index in [4.69, 9.17) is 20.3 Å². The number of nitrogens with two attached hydrogens (primary N) is 1. The molecule has 0 aliphatic carbocycles. The maximum Gasteiger partial charge on any atom is 0.325 e. The van der Waals surface area contributed by atoms with Gasteiger partial charge in [-0.3, -0.25) is 4.79 Å². The molecule has 1 aliphatic rings. The molecule has 3 N–H and O–H groups in total. The monoisotopic (exact) mass is 227 g/mol. The lowest BCUT2D eigenvalue weighted by Gasteiger charge is -2.19. The van der Waals surface area contributed by atoms with Crippen molar-refractivity contribution in [3.8, 4) is 5.75 Å². The van der Waals surface area contributed by atoms with Crippen LogP contribution < -0.4 is 10.5 Å². The topological polar surface area (TPSA) is 81.8 Å². The SMILES string of the molecule is NC(C(=O)O)c1cc2c(cc1F)COCO2. The average molecular weight is 227 g/mol. The van der Waals surface area contributed by atoms with Crippen molar-refractivity contribution >= 4 is 5.97 Å². The summed E-state index contributed by atoms with van der Waals surface area (Å²) in [4.78, 5) is 10.7. The maximum absolute atomic E-state index is 13.5. The minimum absolute atomic E-state index is 0.0698. The summed E-state index contributed by atoms with van der Waals surface area (Å²) in [6.07, 6.45) is 0. The van der Waals surface area contributed by atoms with Crippen molar-refractivity contribution in [2.45, 2.75) is 12.6 Å². The second-order valence-electron chi connectivity index (χ2n) is 3.41. The molecule has 86 valence electrons. The third kappa shape index (κ3) is 1.84. The molecule has 0 saturated carbocycles. The van der Waals surface area contributed by atoms with Gasteiger partial charge in [0, 0.05) is 11.1 Å². The molecular formula is C10H10FNO4. The van der Waals surface area contributed by atoms with Gasteiger partial charge in [0.2, 0.25) is 0 Å². The van der Waals surface area contributed by atoms with Crippen LogP contribution >= 0.6 is 0 Å². The van der Waals surface area contributed by atoms with E-state index in [1.54, 1.807) is 0 Å². The molecule has 0 saturated heterocycles. The number of rotatable bonds is 2. The van der Waals surface area contributed by atoms with Crippen LogP contribution in [0.3, 0.4) is 0 Å². The van der Waals surface area contributed by atoms with Crippen molar-refractivity contribution in [3.63, 3.8) is 0 Å². The van der Waals surface area contributed by atoms with E-state index >= 15 is 0 Å². The lowest BCUT2D eigenvalue weighted by Crippen LogP contribution is -2.23. The summed E-state index contributed by atoms with van der Waals surface area (Å²) in [5, 5.41) is 8.71. The van der Waals surface area contributed by atoms with Crippen LogP contribution in [-0.4, -0.2) is 17.9 Å². The van der Waals surface area contributed by atoms with Crippen molar-refractivity contribution in [2.24, 2.45) is 5.73 Å². The van der Waals surface area contributed by atoms with E-state index in [-0.39, 0.29) is 19.0 Å². The Morgan fingerprint density at radius 2 is 2.31 bits per heavy atom. The Hall–Kier alpha value is -1.66. The highest BCUT2D eigenvalue weighted by Crippen LogP contribution is 2.29. The van der Waals surface area contributed by atoms with E-state index < -0.39 is 17.8 Å². The molecule has 0 bridgehead atoms. The zero-order valence-electron chi connectivity index (χ0n) is 8.27. The molecule has 5 nitrogen and oxygen atoms in total. The fourth-order valence-corrected chi connectivity index (χ4v) is 1.49. The minimum Gasteiger partial charge on any atom is -0.480 e. The molecule has 0 fully saturated rings. The van der Waals surface area contributed by atoms with Gasteiger partial charge in [-0.05, 0) is 12.1 Å². The van der Waals surface area contributed by atoms with Crippen LogP contribution in [0.25, 0.3) is 0 Å². The van der Waals surface area contributed by atoms with Gasteiger partial charge in [-0.1, -0.05) is 0 Å². The molecule has 0 spiro atoms. The van der Waals surface area contributed by atoms with E-state index in [0.717, 1.165) is 0 Å². The van der Waals surface area contributed by atoms with Gasteiger partial charge in [0.25, 0.3) is 0 Å². The number of fused-ring (bicyclic) bond motifs is 1. The Morgan fingerprint density at radius 3 is 3.00 bits per heavy atom. The van der Waals surface area contributed by atoms with E-state index in [0.29, 0.717) is 11.3 Å². The van der Waals surface area contributed by atoms with Crippen molar-refractivity contribution in [1.29, 1.82) is 0 Å². The Morgan fingerprint density at radius 1 is 1.56 bits per heavy atom. The Kier molecular flexibility index (Phi) is 2.76. The van der Waals surface area contributed by atoms with Crippen LogP contribution in [0.1, 0.15) is 17.2 Å². The first kappa shape index (κ1) is 10.8. The lowest BCUT2D eigenvalue weighted by atomic mass is 10.0. The fourth-order valence-electron chi connectivity index (χ4n) is 1.49. The molecule has 6 heteroatoms. The standard InChI is InChI=1S/C10H10FNO4/c11-7-1-5-3-15-4-16-8(5)2-6(7)9(12)10(13)14/h1-2,9H,3-4,12H2,(H,13,14). The second kappa shape index (κ2) is 4.07. The summed E-state index contributed by atoms with van der Waals surface area (Å²) in [5.41, 5.74) is 5.80. The summed E-state index contributed by atoms with van der Waals surface area (Å²) in [6.45, 7) is 0.315. The van der Waals surface area contributed by atoms with Gasteiger partial charge < -0.3 is 20.3 Å². The predicted molar refractivity (Wildman–Crippen MR) is 51.2 cm³/mol. The van der Waals surface area contributed by atoms with Crippen LogP contribution in [0.15, 0.2) is 12.1 Å². The van der Waals surface area contributed by atoms with Crippen molar-refractivity contribution in [1.82, 2.24) is 0 Å². The molecule has 16 heavy (non-hydrogen) atoms. The zero-order valence-corrected chi connectivity index (χ0v) is 8.27. The van der Waals surface area contributed by atoms with E-state index in [2.05, 4.69) is 0 Å². The number of halogens is 1. The van der Waals surface area contributed by atoms with Crippen molar-refractivity contribution < 1.29 is 23.8 Å². The number of carboxylic acid groups (broad SMARTS) is 1. The van der Waals surface area contributed by atoms with Gasteiger partial charge in [0.1, 0.15) is 17.6 Å². The van der Waals surface area contributed by atoms with Crippen LogP contribution in [0.5, 0.6) is 5.75 Å².